The summed E-state index contributed by atoms with van der Waals surface area (Å²) in [6.07, 6.45) is 0. The zero-order chi connectivity index (χ0) is 16.6. The monoisotopic (exact) mass is 314 g/mol. The van der Waals surface area contributed by atoms with Gasteiger partial charge in [0, 0.05) is 11.1 Å². The van der Waals surface area contributed by atoms with E-state index in [1.54, 1.807) is 0 Å². The predicted octanol–water partition coefficient (Wildman–Crippen LogP) is 3.31. The molecule has 0 atom stereocenters. The number of hydrogen-bond donors (Lipinski definition) is 2. The molecule has 2 aromatic rings. The first kappa shape index (κ1) is 15.5. The van der Waals surface area contributed by atoms with Crippen molar-refractivity contribution >= 4 is 11.9 Å². The number of carboxylic acids is 2. The molecule has 2 N–H and O–H groups in total. The van der Waals surface area contributed by atoms with Crippen LogP contribution in [0.25, 0.3) is 11.1 Å². The summed E-state index contributed by atoms with van der Waals surface area (Å²) < 4.78 is 53.3. The molecule has 0 bridgehead atoms. The van der Waals surface area contributed by atoms with Gasteiger partial charge in [-0.15, -0.1) is 0 Å². The fraction of sp³-hybridized carbons (Fsp3) is 0. The fourth-order valence-corrected chi connectivity index (χ4v) is 1.95. The molecule has 0 saturated carbocycles. The number of halogens is 4. The number of rotatable bonds is 3. The molecule has 0 amide bonds. The Morgan fingerprint density at radius 2 is 1.45 bits per heavy atom. The summed E-state index contributed by atoms with van der Waals surface area (Å²) in [5.74, 6) is -11.1. The number of carbonyl (C=O) groups is 2. The summed E-state index contributed by atoms with van der Waals surface area (Å²) in [5.41, 5.74) is -3.03. The van der Waals surface area contributed by atoms with Crippen molar-refractivity contribution in [1.82, 2.24) is 0 Å². The highest BCUT2D eigenvalue weighted by Gasteiger charge is 2.26. The molecule has 0 saturated heterocycles. The van der Waals surface area contributed by atoms with E-state index in [1.807, 2.05) is 0 Å². The quantitative estimate of drug-likeness (QED) is 0.518. The Balaban J connectivity index is 2.87. The highest BCUT2D eigenvalue weighted by Crippen LogP contribution is 2.32. The van der Waals surface area contributed by atoms with Gasteiger partial charge in [0.2, 0.25) is 0 Å². The molecule has 0 fully saturated rings. The molecule has 114 valence electrons. The van der Waals surface area contributed by atoms with Crippen molar-refractivity contribution in [1.29, 1.82) is 0 Å². The summed E-state index contributed by atoms with van der Waals surface area (Å²) in [6, 6.07) is 3.24. The Morgan fingerprint density at radius 1 is 0.818 bits per heavy atom. The Hall–Kier alpha value is -2.90. The summed E-state index contributed by atoms with van der Waals surface area (Å²) >= 11 is 0. The van der Waals surface area contributed by atoms with E-state index >= 15 is 0 Å². The third kappa shape index (κ3) is 2.39. The molecule has 0 radical (unpaired) electrons. The molecule has 0 heterocycles. The molecule has 0 aromatic heterocycles. The van der Waals surface area contributed by atoms with Crippen LogP contribution in [0.5, 0.6) is 0 Å². The van der Waals surface area contributed by atoms with Crippen molar-refractivity contribution in [2.45, 2.75) is 0 Å². The first-order valence-corrected chi connectivity index (χ1v) is 5.68. The minimum absolute atomic E-state index is 0.265. The molecule has 0 aliphatic heterocycles. The standard InChI is InChI=1S/C14H6F4O4/c15-8-4-7(10(16)12(18)11(8)17)5-2-1-3-6(13(19)20)9(5)14(21)22/h1-4H,(H,19,20)(H,21,22). The van der Waals surface area contributed by atoms with Gasteiger partial charge in [-0.25, -0.2) is 27.2 Å². The Morgan fingerprint density at radius 3 is 2.00 bits per heavy atom. The van der Waals surface area contributed by atoms with Gasteiger partial charge >= 0.3 is 11.9 Å². The molecule has 0 aliphatic carbocycles. The normalized spacial score (nSPS) is 10.5. The smallest absolute Gasteiger partial charge is 0.337 e. The van der Waals surface area contributed by atoms with Crippen LogP contribution in [0.3, 0.4) is 0 Å². The van der Waals surface area contributed by atoms with Crippen LogP contribution in [0.1, 0.15) is 20.7 Å². The molecule has 0 spiro atoms. The van der Waals surface area contributed by atoms with Crippen LogP contribution in [0.4, 0.5) is 17.6 Å². The lowest BCUT2D eigenvalue weighted by atomic mass is 9.94. The highest BCUT2D eigenvalue weighted by atomic mass is 19.2. The maximum Gasteiger partial charge on any atom is 0.337 e. The van der Waals surface area contributed by atoms with Gasteiger partial charge in [0.1, 0.15) is 0 Å². The van der Waals surface area contributed by atoms with Crippen LogP contribution < -0.4 is 0 Å². The number of aromatic carboxylic acids is 2. The lowest BCUT2D eigenvalue weighted by Gasteiger charge is -2.11. The molecular formula is C14H6F4O4. The van der Waals surface area contributed by atoms with E-state index in [0.717, 1.165) is 18.2 Å². The van der Waals surface area contributed by atoms with E-state index in [4.69, 9.17) is 10.2 Å². The second-order valence-corrected chi connectivity index (χ2v) is 4.19. The first-order chi connectivity index (χ1) is 10.3. The molecule has 0 aliphatic rings. The molecule has 0 unspecified atom stereocenters. The van der Waals surface area contributed by atoms with Gasteiger partial charge in [-0.05, 0) is 12.1 Å². The minimum Gasteiger partial charge on any atom is -0.478 e. The topological polar surface area (TPSA) is 74.6 Å². The minimum atomic E-state index is -2.12. The molecule has 2 rings (SSSR count). The summed E-state index contributed by atoms with van der Waals surface area (Å²) in [4.78, 5) is 22.2. The van der Waals surface area contributed by atoms with Crippen molar-refractivity contribution < 1.29 is 37.4 Å². The van der Waals surface area contributed by atoms with Crippen molar-refractivity contribution in [2.75, 3.05) is 0 Å². The molecule has 2 aromatic carbocycles. The third-order valence-corrected chi connectivity index (χ3v) is 2.90. The van der Waals surface area contributed by atoms with Crippen molar-refractivity contribution in [3.05, 3.63) is 58.7 Å². The largest absolute Gasteiger partial charge is 0.478 e. The highest BCUT2D eigenvalue weighted by molar-refractivity contribution is 6.06. The van der Waals surface area contributed by atoms with Gasteiger partial charge in [0.05, 0.1) is 11.1 Å². The van der Waals surface area contributed by atoms with Gasteiger partial charge in [-0.3, -0.25) is 0 Å². The van der Waals surface area contributed by atoms with Crippen LogP contribution in [0, 0.1) is 23.3 Å². The summed E-state index contributed by atoms with van der Waals surface area (Å²) in [5, 5.41) is 18.0. The second-order valence-electron chi connectivity index (χ2n) is 4.19. The Labute approximate surface area is 120 Å². The van der Waals surface area contributed by atoms with E-state index < -0.39 is 57.5 Å². The van der Waals surface area contributed by atoms with Crippen molar-refractivity contribution in [3.63, 3.8) is 0 Å². The third-order valence-electron chi connectivity index (χ3n) is 2.90. The second kappa shape index (κ2) is 5.47. The lowest BCUT2D eigenvalue weighted by molar-refractivity contribution is 0.0652. The van der Waals surface area contributed by atoms with Gasteiger partial charge in [0.15, 0.2) is 23.3 Å². The Kier molecular flexibility index (Phi) is 3.85. The summed E-state index contributed by atoms with van der Waals surface area (Å²) in [7, 11) is 0. The molecule has 4 nitrogen and oxygen atoms in total. The van der Waals surface area contributed by atoms with Gasteiger partial charge in [0.25, 0.3) is 0 Å². The molecule has 8 heteroatoms. The van der Waals surface area contributed by atoms with Gasteiger partial charge in [-0.1, -0.05) is 12.1 Å². The van der Waals surface area contributed by atoms with Crippen molar-refractivity contribution in [3.8, 4) is 11.1 Å². The maximum absolute atomic E-state index is 13.8. The van der Waals surface area contributed by atoms with E-state index in [0.29, 0.717) is 0 Å². The van der Waals surface area contributed by atoms with Crippen LogP contribution in [-0.2, 0) is 0 Å². The first-order valence-electron chi connectivity index (χ1n) is 5.68. The predicted molar refractivity (Wildman–Crippen MR) is 65.6 cm³/mol. The maximum atomic E-state index is 13.8. The Bertz CT molecular complexity index is 802. The summed E-state index contributed by atoms with van der Waals surface area (Å²) in [6.45, 7) is 0. The fourth-order valence-electron chi connectivity index (χ4n) is 1.95. The van der Waals surface area contributed by atoms with E-state index in [2.05, 4.69) is 0 Å². The lowest BCUT2D eigenvalue weighted by Crippen LogP contribution is -2.11. The van der Waals surface area contributed by atoms with Crippen LogP contribution >= 0.6 is 0 Å². The number of hydrogen-bond acceptors (Lipinski definition) is 2. The number of benzene rings is 2. The van der Waals surface area contributed by atoms with E-state index in [9.17, 15) is 27.2 Å². The van der Waals surface area contributed by atoms with Gasteiger partial charge < -0.3 is 10.2 Å². The van der Waals surface area contributed by atoms with E-state index in [1.165, 1.54) is 0 Å². The van der Waals surface area contributed by atoms with Crippen LogP contribution in [0.15, 0.2) is 24.3 Å². The van der Waals surface area contributed by atoms with Crippen molar-refractivity contribution in [2.24, 2.45) is 0 Å². The molecule has 22 heavy (non-hydrogen) atoms. The average Bonchev–Trinajstić information content (AvgIpc) is 2.47. The van der Waals surface area contributed by atoms with Crippen LogP contribution in [-0.4, -0.2) is 22.2 Å². The molecular weight excluding hydrogens is 308 g/mol. The number of carboxylic acid groups (broad SMARTS) is 2. The zero-order valence-corrected chi connectivity index (χ0v) is 10.5. The zero-order valence-electron chi connectivity index (χ0n) is 10.5. The van der Waals surface area contributed by atoms with E-state index in [-0.39, 0.29) is 6.07 Å². The van der Waals surface area contributed by atoms with Crippen LogP contribution in [0.2, 0.25) is 0 Å². The SMILES string of the molecule is O=C(O)c1cccc(-c2cc(F)c(F)c(F)c2F)c1C(=O)O. The average molecular weight is 314 g/mol. The van der Waals surface area contributed by atoms with Gasteiger partial charge in [-0.2, -0.15) is 0 Å².